The molecule has 0 spiro atoms. The second-order valence-electron chi connectivity index (χ2n) is 4.61. The molecule has 5 heteroatoms. The van der Waals surface area contributed by atoms with E-state index in [1.165, 1.54) is 0 Å². The van der Waals surface area contributed by atoms with Crippen molar-refractivity contribution >= 4 is 6.09 Å². The van der Waals surface area contributed by atoms with Crippen LogP contribution in [0.2, 0.25) is 0 Å². The molecule has 0 aliphatic heterocycles. The first-order valence-corrected chi connectivity index (χ1v) is 4.80. The zero-order valence-corrected chi connectivity index (χ0v) is 9.01. The summed E-state index contributed by atoms with van der Waals surface area (Å²) in [5, 5.41) is 2.53. The summed E-state index contributed by atoms with van der Waals surface area (Å²) < 4.78 is 28.6. The fraction of sp³-hybridized carbons (Fsp3) is 0.700. The van der Waals surface area contributed by atoms with Crippen LogP contribution in [0.1, 0.15) is 27.2 Å². The summed E-state index contributed by atoms with van der Waals surface area (Å²) in [5.74, 6) is -0.248. The van der Waals surface area contributed by atoms with Gasteiger partial charge < -0.3 is 10.1 Å². The summed E-state index contributed by atoms with van der Waals surface area (Å²) in [6.45, 7) is 5.24. The van der Waals surface area contributed by atoms with Crippen LogP contribution in [0, 0.1) is 5.92 Å². The molecular weight excluding hydrogens is 204 g/mol. The lowest BCUT2D eigenvalue weighted by molar-refractivity contribution is 0.0522. The quantitative estimate of drug-likeness (QED) is 0.775. The second-order valence-corrected chi connectivity index (χ2v) is 4.61. The van der Waals surface area contributed by atoms with E-state index in [1.807, 2.05) is 0 Å². The Balaban J connectivity index is 2.28. The van der Waals surface area contributed by atoms with Crippen LogP contribution >= 0.6 is 0 Å². The van der Waals surface area contributed by atoms with Crippen molar-refractivity contribution < 1.29 is 18.3 Å². The highest BCUT2D eigenvalue weighted by Gasteiger charge is 2.38. The van der Waals surface area contributed by atoms with E-state index < -0.39 is 17.8 Å². The maximum atomic E-state index is 11.8. The molecular formula is C10H15F2NO2. The molecule has 1 amide bonds. The SMILES string of the molecule is CC(C)(C)OC(=O)N[C@@H]1C[C@H]1C=C(F)F. The van der Waals surface area contributed by atoms with Gasteiger partial charge in [0.05, 0.1) is 0 Å². The number of ether oxygens (including phenoxy) is 1. The average Bonchev–Trinajstić information content (AvgIpc) is 2.60. The monoisotopic (exact) mass is 219 g/mol. The second kappa shape index (κ2) is 4.16. The van der Waals surface area contributed by atoms with Crippen molar-refractivity contribution in [3.05, 3.63) is 12.2 Å². The smallest absolute Gasteiger partial charge is 0.407 e. The van der Waals surface area contributed by atoms with E-state index in [2.05, 4.69) is 5.32 Å². The van der Waals surface area contributed by atoms with Crippen LogP contribution in [-0.2, 0) is 4.74 Å². The van der Waals surface area contributed by atoms with Gasteiger partial charge in [-0.1, -0.05) is 0 Å². The van der Waals surface area contributed by atoms with Crippen LogP contribution in [0.15, 0.2) is 12.2 Å². The summed E-state index contributed by atoms with van der Waals surface area (Å²) in [4.78, 5) is 11.2. The van der Waals surface area contributed by atoms with Crippen LogP contribution in [-0.4, -0.2) is 17.7 Å². The maximum Gasteiger partial charge on any atom is 0.407 e. The molecule has 1 N–H and O–H groups in total. The van der Waals surface area contributed by atoms with Gasteiger partial charge in [-0.05, 0) is 33.3 Å². The summed E-state index contributed by atoms with van der Waals surface area (Å²) in [5.41, 5.74) is -0.560. The molecule has 1 fully saturated rings. The summed E-state index contributed by atoms with van der Waals surface area (Å²) in [6, 6.07) is -0.207. The molecule has 0 aromatic rings. The Bertz CT molecular complexity index is 280. The number of amides is 1. The van der Waals surface area contributed by atoms with Gasteiger partial charge in [0.25, 0.3) is 6.08 Å². The normalized spacial score (nSPS) is 24.3. The minimum Gasteiger partial charge on any atom is -0.444 e. The Labute approximate surface area is 87.5 Å². The van der Waals surface area contributed by atoms with Crippen molar-refractivity contribution in [2.75, 3.05) is 0 Å². The zero-order chi connectivity index (χ0) is 11.6. The van der Waals surface area contributed by atoms with Gasteiger partial charge in [0, 0.05) is 12.0 Å². The van der Waals surface area contributed by atoms with Gasteiger partial charge in [-0.15, -0.1) is 0 Å². The van der Waals surface area contributed by atoms with Gasteiger partial charge in [0.1, 0.15) is 5.60 Å². The summed E-state index contributed by atoms with van der Waals surface area (Å²) in [6.07, 6.45) is -0.838. The Morgan fingerprint density at radius 3 is 2.53 bits per heavy atom. The van der Waals surface area contributed by atoms with Crippen LogP contribution < -0.4 is 5.32 Å². The minimum absolute atomic E-state index is 0.207. The highest BCUT2D eigenvalue weighted by Crippen LogP contribution is 2.33. The average molecular weight is 219 g/mol. The van der Waals surface area contributed by atoms with E-state index in [4.69, 9.17) is 4.74 Å². The lowest BCUT2D eigenvalue weighted by Crippen LogP contribution is -2.34. The molecule has 3 nitrogen and oxygen atoms in total. The minimum atomic E-state index is -1.70. The van der Waals surface area contributed by atoms with Gasteiger partial charge in [0.15, 0.2) is 0 Å². The molecule has 0 saturated heterocycles. The number of carbonyl (C=O) groups excluding carboxylic acids is 1. The Kier molecular flexibility index (Phi) is 3.31. The van der Waals surface area contributed by atoms with Gasteiger partial charge in [-0.3, -0.25) is 0 Å². The molecule has 2 atom stereocenters. The number of alkyl carbamates (subject to hydrolysis) is 1. The third-order valence-corrected chi connectivity index (χ3v) is 1.88. The number of hydrogen-bond acceptors (Lipinski definition) is 2. The first-order chi connectivity index (χ1) is 6.78. The lowest BCUT2D eigenvalue weighted by Gasteiger charge is -2.19. The van der Waals surface area contributed by atoms with Crippen LogP contribution in [0.3, 0.4) is 0 Å². The number of rotatable bonds is 2. The topological polar surface area (TPSA) is 38.3 Å². The first-order valence-electron chi connectivity index (χ1n) is 4.80. The summed E-state index contributed by atoms with van der Waals surface area (Å²) in [7, 11) is 0. The van der Waals surface area contributed by atoms with Crippen LogP contribution in [0.5, 0.6) is 0 Å². The van der Waals surface area contributed by atoms with Crippen LogP contribution in [0.25, 0.3) is 0 Å². The molecule has 0 radical (unpaired) electrons. The predicted octanol–water partition coefficient (Wildman–Crippen LogP) is 2.68. The Hall–Kier alpha value is -1.13. The number of carbonyl (C=O) groups is 1. The van der Waals surface area contributed by atoms with E-state index in [9.17, 15) is 13.6 Å². The van der Waals surface area contributed by atoms with Crippen molar-refractivity contribution in [2.45, 2.75) is 38.8 Å². The number of nitrogens with one attached hydrogen (secondary N) is 1. The first kappa shape index (κ1) is 11.9. The molecule has 86 valence electrons. The number of halogens is 2. The molecule has 1 aliphatic rings. The Morgan fingerprint density at radius 1 is 1.47 bits per heavy atom. The molecule has 0 aromatic carbocycles. The van der Waals surface area contributed by atoms with E-state index in [1.54, 1.807) is 20.8 Å². The molecule has 1 rings (SSSR count). The largest absolute Gasteiger partial charge is 0.444 e. The highest BCUT2D eigenvalue weighted by atomic mass is 19.3. The van der Waals surface area contributed by atoms with Gasteiger partial charge in [-0.25, -0.2) is 4.79 Å². The zero-order valence-electron chi connectivity index (χ0n) is 9.01. The molecule has 15 heavy (non-hydrogen) atoms. The molecule has 0 aromatic heterocycles. The molecule has 0 unspecified atom stereocenters. The highest BCUT2D eigenvalue weighted by molar-refractivity contribution is 5.68. The van der Waals surface area contributed by atoms with E-state index in [0.29, 0.717) is 6.42 Å². The van der Waals surface area contributed by atoms with Gasteiger partial charge in [-0.2, -0.15) is 8.78 Å². The van der Waals surface area contributed by atoms with Gasteiger partial charge in [0.2, 0.25) is 0 Å². The standard InChI is InChI=1S/C10H15F2NO2/c1-10(2,3)15-9(14)13-7-4-6(7)5-8(11)12/h5-7H,4H2,1-3H3,(H,13,14)/t6-,7+/m0/s1. The predicted molar refractivity (Wildman–Crippen MR) is 51.6 cm³/mol. The van der Waals surface area contributed by atoms with Gasteiger partial charge >= 0.3 is 6.09 Å². The molecule has 0 bridgehead atoms. The van der Waals surface area contributed by atoms with E-state index in [0.717, 1.165) is 6.08 Å². The summed E-state index contributed by atoms with van der Waals surface area (Å²) >= 11 is 0. The third-order valence-electron chi connectivity index (χ3n) is 1.88. The van der Waals surface area contributed by atoms with E-state index in [-0.39, 0.29) is 12.0 Å². The van der Waals surface area contributed by atoms with E-state index >= 15 is 0 Å². The molecule has 0 heterocycles. The molecule has 1 saturated carbocycles. The maximum absolute atomic E-state index is 11.8. The van der Waals surface area contributed by atoms with Crippen molar-refractivity contribution in [3.8, 4) is 0 Å². The fourth-order valence-corrected chi connectivity index (χ4v) is 1.19. The fourth-order valence-electron chi connectivity index (χ4n) is 1.19. The molecule has 1 aliphatic carbocycles. The van der Waals surface area contributed by atoms with Crippen molar-refractivity contribution in [1.29, 1.82) is 0 Å². The number of hydrogen-bond donors (Lipinski definition) is 1. The van der Waals surface area contributed by atoms with Crippen LogP contribution in [0.4, 0.5) is 13.6 Å². The lowest BCUT2D eigenvalue weighted by atomic mass is 10.2. The van der Waals surface area contributed by atoms with Crippen molar-refractivity contribution in [1.82, 2.24) is 5.32 Å². The third kappa shape index (κ3) is 4.76. The van der Waals surface area contributed by atoms with Crippen molar-refractivity contribution in [3.63, 3.8) is 0 Å². The Morgan fingerprint density at radius 2 is 2.07 bits per heavy atom. The van der Waals surface area contributed by atoms with Crippen molar-refractivity contribution in [2.24, 2.45) is 5.92 Å².